The summed E-state index contributed by atoms with van der Waals surface area (Å²) in [4.78, 5) is 5.59. The van der Waals surface area contributed by atoms with Crippen LogP contribution >= 0.6 is 0 Å². The molecule has 6 aliphatic rings. The van der Waals surface area contributed by atoms with Crippen molar-refractivity contribution in [3.8, 4) is 0 Å². The maximum atomic E-state index is 11.5. The lowest BCUT2D eigenvalue weighted by molar-refractivity contribution is -0.0549. The highest BCUT2D eigenvalue weighted by Gasteiger charge is 2.55. The molecule has 4 heteroatoms. The topological polar surface area (TPSA) is 46.9 Å². The molecule has 4 aliphatic carbocycles. The summed E-state index contributed by atoms with van der Waals surface area (Å²) >= 11 is 0. The van der Waals surface area contributed by atoms with Gasteiger partial charge in [-0.3, -0.25) is 9.80 Å². The lowest BCUT2D eigenvalue weighted by atomic mass is 9.87. The molecule has 0 unspecified atom stereocenters. The van der Waals surface area contributed by atoms with Crippen molar-refractivity contribution in [1.29, 1.82) is 0 Å². The van der Waals surface area contributed by atoms with Crippen LogP contribution in [0.1, 0.15) is 103 Å². The van der Waals surface area contributed by atoms with E-state index >= 15 is 0 Å². The van der Waals surface area contributed by atoms with Gasteiger partial charge in [0.1, 0.15) is 0 Å². The molecule has 30 heavy (non-hydrogen) atoms. The third-order valence-corrected chi connectivity index (χ3v) is 10.7. The van der Waals surface area contributed by atoms with Gasteiger partial charge in [0.15, 0.2) is 0 Å². The zero-order valence-corrected chi connectivity index (χ0v) is 19.0. The third kappa shape index (κ3) is 3.23. The Bertz CT molecular complexity index is 573. The van der Waals surface area contributed by atoms with Crippen molar-refractivity contribution >= 4 is 0 Å². The molecule has 2 saturated heterocycles. The van der Waals surface area contributed by atoms with E-state index in [0.717, 1.165) is 62.7 Å². The molecule has 6 rings (SSSR count). The summed E-state index contributed by atoms with van der Waals surface area (Å²) in [6.45, 7) is 2.23. The van der Waals surface area contributed by atoms with E-state index in [1.165, 1.54) is 77.0 Å². The first-order chi connectivity index (χ1) is 14.6. The number of likely N-dealkylation sites (tertiary alicyclic amines) is 2. The van der Waals surface area contributed by atoms with Gasteiger partial charge in [-0.05, 0) is 76.0 Å². The maximum Gasteiger partial charge on any atom is 0.0802 e. The van der Waals surface area contributed by atoms with Crippen LogP contribution in [0.15, 0.2) is 0 Å². The SMILES string of the molecule is OC1([C@H]2C[C@H]3CCC[C@H]3N2CCN2[C@@H]3CCC[C@@H]3C[C@@H]2C2(O)CCCC2)CCCC1. The van der Waals surface area contributed by atoms with E-state index in [2.05, 4.69) is 9.80 Å². The molecule has 0 bridgehead atoms. The molecule has 2 aliphatic heterocycles. The molecule has 0 amide bonds. The van der Waals surface area contributed by atoms with Gasteiger partial charge in [-0.25, -0.2) is 0 Å². The lowest BCUT2D eigenvalue weighted by Gasteiger charge is -2.42. The highest BCUT2D eigenvalue weighted by Crippen LogP contribution is 2.50. The fourth-order valence-electron chi connectivity index (χ4n) is 9.34. The summed E-state index contributed by atoms with van der Waals surface area (Å²) in [5.41, 5.74) is -0.845. The van der Waals surface area contributed by atoms with Crippen LogP contribution in [0, 0.1) is 11.8 Å². The minimum absolute atomic E-state index is 0.394. The molecule has 0 radical (unpaired) electrons. The molecule has 0 aromatic rings. The predicted molar refractivity (Wildman–Crippen MR) is 119 cm³/mol. The highest BCUT2D eigenvalue weighted by atomic mass is 16.3. The highest BCUT2D eigenvalue weighted by molar-refractivity contribution is 5.09. The Hall–Kier alpha value is -0.160. The maximum absolute atomic E-state index is 11.5. The number of nitrogens with zero attached hydrogens (tertiary/aromatic N) is 2. The van der Waals surface area contributed by atoms with E-state index in [9.17, 15) is 10.2 Å². The molecular formula is C26H44N2O2. The molecule has 0 spiro atoms. The molecule has 2 N–H and O–H groups in total. The average Bonchev–Trinajstić information content (AvgIpc) is 3.51. The summed E-state index contributed by atoms with van der Waals surface area (Å²) in [5.74, 6) is 1.65. The second kappa shape index (κ2) is 7.71. The zero-order valence-electron chi connectivity index (χ0n) is 19.0. The number of hydrogen-bond acceptors (Lipinski definition) is 4. The van der Waals surface area contributed by atoms with Gasteiger partial charge in [-0.2, -0.15) is 0 Å². The van der Waals surface area contributed by atoms with Crippen LogP contribution in [0.3, 0.4) is 0 Å². The fourth-order valence-corrected chi connectivity index (χ4v) is 9.34. The van der Waals surface area contributed by atoms with Gasteiger partial charge in [-0.15, -0.1) is 0 Å². The lowest BCUT2D eigenvalue weighted by Crippen LogP contribution is -2.55. The van der Waals surface area contributed by atoms with E-state index in [1.54, 1.807) is 0 Å². The van der Waals surface area contributed by atoms with Crippen LogP contribution in [0.4, 0.5) is 0 Å². The van der Waals surface area contributed by atoms with E-state index in [1.807, 2.05) is 0 Å². The van der Waals surface area contributed by atoms with Crippen molar-refractivity contribution in [2.45, 2.75) is 138 Å². The quantitative estimate of drug-likeness (QED) is 0.709. The van der Waals surface area contributed by atoms with Crippen LogP contribution < -0.4 is 0 Å². The van der Waals surface area contributed by atoms with Gasteiger partial charge in [-0.1, -0.05) is 38.5 Å². The van der Waals surface area contributed by atoms with E-state index in [0.29, 0.717) is 12.1 Å². The fraction of sp³-hybridized carbons (Fsp3) is 1.00. The summed E-state index contributed by atoms with van der Waals surface area (Å²) in [7, 11) is 0. The molecule has 170 valence electrons. The molecule has 6 fully saturated rings. The summed E-state index contributed by atoms with van der Waals surface area (Å²) < 4.78 is 0. The summed E-state index contributed by atoms with van der Waals surface area (Å²) in [6.07, 6.45) is 19.6. The van der Waals surface area contributed by atoms with Crippen LogP contribution in [0.2, 0.25) is 0 Å². The molecule has 2 heterocycles. The Balaban J connectivity index is 1.21. The Kier molecular flexibility index (Phi) is 5.26. The molecule has 4 saturated carbocycles. The second-order valence-corrected chi connectivity index (χ2v) is 12.1. The van der Waals surface area contributed by atoms with Crippen LogP contribution in [0.25, 0.3) is 0 Å². The number of aliphatic hydroxyl groups is 2. The number of fused-ring (bicyclic) bond motifs is 2. The Morgan fingerprint density at radius 1 is 0.567 bits per heavy atom. The first-order valence-electron chi connectivity index (χ1n) is 13.5. The van der Waals surface area contributed by atoms with Gasteiger partial charge >= 0.3 is 0 Å². The molecular weight excluding hydrogens is 372 g/mol. The van der Waals surface area contributed by atoms with Gasteiger partial charge in [0.05, 0.1) is 11.2 Å². The van der Waals surface area contributed by atoms with Crippen molar-refractivity contribution < 1.29 is 10.2 Å². The number of rotatable bonds is 5. The van der Waals surface area contributed by atoms with Crippen LogP contribution in [-0.2, 0) is 0 Å². The normalized spacial score (nSPS) is 45.4. The zero-order chi connectivity index (χ0) is 20.3. The largest absolute Gasteiger partial charge is 0.388 e. The minimum Gasteiger partial charge on any atom is -0.388 e. The van der Waals surface area contributed by atoms with Gasteiger partial charge in [0, 0.05) is 37.3 Å². The van der Waals surface area contributed by atoms with E-state index < -0.39 is 11.2 Å². The second-order valence-electron chi connectivity index (χ2n) is 12.1. The Labute approximate surface area is 183 Å². The van der Waals surface area contributed by atoms with Crippen molar-refractivity contribution in [3.05, 3.63) is 0 Å². The standard InChI is InChI=1S/C26H44N2O2/c29-25(11-1-2-12-25)23-17-19-7-5-9-21(19)27(23)15-16-28-22-10-6-8-20(22)18-24(28)26(30)13-3-4-14-26/h19-24,29-30H,1-18H2/t19-,20-,21-,22-,23-,24-/m1/s1. The first-order valence-corrected chi connectivity index (χ1v) is 13.5. The third-order valence-electron chi connectivity index (χ3n) is 10.7. The molecule has 4 nitrogen and oxygen atoms in total. The summed E-state index contributed by atoms with van der Waals surface area (Å²) in [5, 5.41) is 23.1. The minimum atomic E-state index is -0.422. The van der Waals surface area contributed by atoms with E-state index in [4.69, 9.17) is 0 Å². The van der Waals surface area contributed by atoms with Gasteiger partial charge in [0.2, 0.25) is 0 Å². The Morgan fingerprint density at radius 3 is 1.37 bits per heavy atom. The van der Waals surface area contributed by atoms with Crippen molar-refractivity contribution in [2.24, 2.45) is 11.8 Å². The predicted octanol–water partition coefficient (Wildman–Crippen LogP) is 4.08. The summed E-state index contributed by atoms with van der Waals surface area (Å²) in [6, 6.07) is 2.22. The average molecular weight is 417 g/mol. The van der Waals surface area contributed by atoms with Gasteiger partial charge in [0.25, 0.3) is 0 Å². The first kappa shape index (κ1) is 20.4. The Morgan fingerprint density at radius 2 is 0.967 bits per heavy atom. The molecule has 0 aromatic carbocycles. The number of hydrogen-bond donors (Lipinski definition) is 2. The monoisotopic (exact) mass is 416 g/mol. The van der Waals surface area contributed by atoms with Crippen molar-refractivity contribution in [2.75, 3.05) is 13.1 Å². The molecule has 0 aromatic heterocycles. The van der Waals surface area contributed by atoms with E-state index in [-0.39, 0.29) is 0 Å². The van der Waals surface area contributed by atoms with Gasteiger partial charge < -0.3 is 10.2 Å². The van der Waals surface area contributed by atoms with Crippen molar-refractivity contribution in [3.63, 3.8) is 0 Å². The van der Waals surface area contributed by atoms with Crippen LogP contribution in [0.5, 0.6) is 0 Å². The molecule has 6 atom stereocenters. The van der Waals surface area contributed by atoms with Crippen molar-refractivity contribution in [1.82, 2.24) is 9.80 Å². The smallest absolute Gasteiger partial charge is 0.0802 e. The van der Waals surface area contributed by atoms with Crippen LogP contribution in [-0.4, -0.2) is 68.5 Å².